The fourth-order valence-electron chi connectivity index (χ4n) is 2.23. The molecule has 0 bridgehead atoms. The molecule has 0 saturated heterocycles. The Kier molecular flexibility index (Phi) is 3.58. The van der Waals surface area contributed by atoms with E-state index in [2.05, 4.69) is 59.7 Å². The predicted molar refractivity (Wildman–Crippen MR) is 81.3 cm³/mol. The smallest absolute Gasteiger partial charge is 0.107 e. The van der Waals surface area contributed by atoms with Crippen molar-refractivity contribution in [2.45, 2.75) is 20.0 Å². The molecule has 3 heteroatoms. The minimum atomic E-state index is 0.835. The van der Waals surface area contributed by atoms with E-state index in [1.165, 1.54) is 21.2 Å². The first-order valence-corrected chi connectivity index (χ1v) is 7.23. The van der Waals surface area contributed by atoms with Crippen LogP contribution in [-0.2, 0) is 13.1 Å². The Labute approximate surface area is 117 Å². The van der Waals surface area contributed by atoms with Crippen molar-refractivity contribution in [2.75, 3.05) is 0 Å². The molecule has 1 N–H and O–H groups in total. The Hall–Kier alpha value is -1.71. The van der Waals surface area contributed by atoms with Gasteiger partial charge in [0.15, 0.2) is 0 Å². The standard InChI is InChI=1S/C16H16N2S/c1-12-9-18-16(19-12)11-17-10-14-7-4-6-13-5-2-3-8-15(13)14/h2-9,17H,10-11H2,1H3. The van der Waals surface area contributed by atoms with Gasteiger partial charge in [-0.25, -0.2) is 4.98 Å². The number of nitrogens with one attached hydrogen (secondary N) is 1. The van der Waals surface area contributed by atoms with Gasteiger partial charge < -0.3 is 5.32 Å². The van der Waals surface area contributed by atoms with Gasteiger partial charge in [-0.1, -0.05) is 42.5 Å². The number of fused-ring (bicyclic) bond motifs is 1. The summed E-state index contributed by atoms with van der Waals surface area (Å²) in [5.41, 5.74) is 1.34. The van der Waals surface area contributed by atoms with E-state index >= 15 is 0 Å². The zero-order valence-corrected chi connectivity index (χ0v) is 11.7. The van der Waals surface area contributed by atoms with Crippen LogP contribution in [-0.4, -0.2) is 4.98 Å². The largest absolute Gasteiger partial charge is 0.306 e. The highest BCUT2D eigenvalue weighted by Gasteiger charge is 2.01. The van der Waals surface area contributed by atoms with E-state index in [9.17, 15) is 0 Å². The summed E-state index contributed by atoms with van der Waals surface area (Å²) in [6.07, 6.45) is 1.93. The average molecular weight is 268 g/mol. The third kappa shape index (κ3) is 2.83. The lowest BCUT2D eigenvalue weighted by Crippen LogP contribution is -2.12. The second kappa shape index (κ2) is 5.51. The van der Waals surface area contributed by atoms with Gasteiger partial charge in [0.1, 0.15) is 5.01 Å². The van der Waals surface area contributed by atoms with Crippen molar-refractivity contribution in [3.63, 3.8) is 0 Å². The van der Waals surface area contributed by atoms with Crippen LogP contribution in [0.3, 0.4) is 0 Å². The Balaban J connectivity index is 1.71. The number of benzene rings is 2. The molecule has 96 valence electrons. The molecule has 0 unspecified atom stereocenters. The molecular weight excluding hydrogens is 252 g/mol. The minimum Gasteiger partial charge on any atom is -0.306 e. The highest BCUT2D eigenvalue weighted by Crippen LogP contribution is 2.18. The van der Waals surface area contributed by atoms with E-state index < -0.39 is 0 Å². The third-order valence-electron chi connectivity index (χ3n) is 3.14. The first kappa shape index (κ1) is 12.3. The molecule has 1 heterocycles. The van der Waals surface area contributed by atoms with Crippen molar-refractivity contribution < 1.29 is 0 Å². The second-order valence-corrected chi connectivity index (χ2v) is 5.93. The lowest BCUT2D eigenvalue weighted by Gasteiger charge is -2.07. The molecule has 0 saturated carbocycles. The molecular formula is C16H16N2S. The van der Waals surface area contributed by atoms with Gasteiger partial charge in [-0.15, -0.1) is 11.3 Å². The van der Waals surface area contributed by atoms with Gasteiger partial charge >= 0.3 is 0 Å². The number of thiazole rings is 1. The van der Waals surface area contributed by atoms with Gasteiger partial charge in [0.05, 0.1) is 0 Å². The molecule has 3 aromatic rings. The summed E-state index contributed by atoms with van der Waals surface area (Å²) in [4.78, 5) is 5.63. The second-order valence-electron chi connectivity index (χ2n) is 4.61. The summed E-state index contributed by atoms with van der Waals surface area (Å²) < 4.78 is 0. The van der Waals surface area contributed by atoms with Crippen molar-refractivity contribution in [1.29, 1.82) is 0 Å². The van der Waals surface area contributed by atoms with E-state index in [0.717, 1.165) is 18.1 Å². The fraction of sp³-hybridized carbons (Fsp3) is 0.188. The fourth-order valence-corrected chi connectivity index (χ4v) is 2.99. The Morgan fingerprint density at radius 1 is 1.05 bits per heavy atom. The highest BCUT2D eigenvalue weighted by molar-refractivity contribution is 7.11. The van der Waals surface area contributed by atoms with Gasteiger partial charge in [0.25, 0.3) is 0 Å². The van der Waals surface area contributed by atoms with Crippen LogP contribution < -0.4 is 5.32 Å². The van der Waals surface area contributed by atoms with Gasteiger partial charge in [0, 0.05) is 24.2 Å². The maximum atomic E-state index is 4.37. The maximum absolute atomic E-state index is 4.37. The van der Waals surface area contributed by atoms with Crippen LogP contribution in [0, 0.1) is 6.92 Å². The van der Waals surface area contributed by atoms with E-state index in [1.54, 1.807) is 11.3 Å². The summed E-state index contributed by atoms with van der Waals surface area (Å²) in [6.45, 7) is 3.80. The summed E-state index contributed by atoms with van der Waals surface area (Å²) in [6, 6.07) is 15.0. The van der Waals surface area contributed by atoms with Gasteiger partial charge in [-0.3, -0.25) is 0 Å². The molecule has 1 aromatic heterocycles. The molecule has 3 rings (SSSR count). The van der Waals surface area contributed by atoms with Crippen molar-refractivity contribution >= 4 is 22.1 Å². The molecule has 0 radical (unpaired) electrons. The van der Waals surface area contributed by atoms with Crippen LogP contribution in [0.2, 0.25) is 0 Å². The van der Waals surface area contributed by atoms with Crippen molar-refractivity contribution in [3.05, 3.63) is 64.1 Å². The van der Waals surface area contributed by atoms with Crippen LogP contribution in [0.5, 0.6) is 0 Å². The molecule has 19 heavy (non-hydrogen) atoms. The average Bonchev–Trinajstić information content (AvgIpc) is 2.85. The predicted octanol–water partition coefficient (Wildman–Crippen LogP) is 3.89. The number of aromatic nitrogens is 1. The third-order valence-corrected chi connectivity index (χ3v) is 4.05. The summed E-state index contributed by atoms with van der Waals surface area (Å²) >= 11 is 1.75. The van der Waals surface area contributed by atoms with Crippen LogP contribution in [0.4, 0.5) is 0 Å². The summed E-state index contributed by atoms with van der Waals surface area (Å²) in [5.74, 6) is 0. The number of nitrogens with zero attached hydrogens (tertiary/aromatic N) is 1. The van der Waals surface area contributed by atoms with E-state index in [0.29, 0.717) is 0 Å². The van der Waals surface area contributed by atoms with Crippen molar-refractivity contribution in [2.24, 2.45) is 0 Å². The van der Waals surface area contributed by atoms with Gasteiger partial charge in [0.2, 0.25) is 0 Å². The quantitative estimate of drug-likeness (QED) is 0.776. The molecule has 0 aliphatic heterocycles. The van der Waals surface area contributed by atoms with Crippen LogP contribution in [0.15, 0.2) is 48.7 Å². The number of aryl methyl sites for hydroxylation is 1. The molecule has 0 fully saturated rings. The monoisotopic (exact) mass is 268 g/mol. The SMILES string of the molecule is Cc1cnc(CNCc2cccc3ccccc23)s1. The van der Waals surface area contributed by atoms with E-state index in [1.807, 2.05) is 6.20 Å². The van der Waals surface area contributed by atoms with Crippen molar-refractivity contribution in [3.8, 4) is 0 Å². The molecule has 2 nitrogen and oxygen atoms in total. The van der Waals surface area contributed by atoms with Crippen molar-refractivity contribution in [1.82, 2.24) is 10.3 Å². The number of hydrogen-bond donors (Lipinski definition) is 1. The summed E-state index contributed by atoms with van der Waals surface area (Å²) in [7, 11) is 0. The highest BCUT2D eigenvalue weighted by atomic mass is 32.1. The Morgan fingerprint density at radius 2 is 1.89 bits per heavy atom. The van der Waals surface area contributed by atoms with Gasteiger partial charge in [-0.05, 0) is 23.3 Å². The Morgan fingerprint density at radius 3 is 2.74 bits per heavy atom. The lowest BCUT2D eigenvalue weighted by molar-refractivity contribution is 0.693. The Bertz CT molecular complexity index is 683. The first-order valence-electron chi connectivity index (χ1n) is 6.41. The summed E-state index contributed by atoms with van der Waals surface area (Å²) in [5, 5.41) is 7.25. The zero-order valence-electron chi connectivity index (χ0n) is 10.9. The van der Waals surface area contributed by atoms with Crippen LogP contribution in [0.1, 0.15) is 15.4 Å². The number of rotatable bonds is 4. The van der Waals surface area contributed by atoms with E-state index in [-0.39, 0.29) is 0 Å². The molecule has 0 atom stereocenters. The van der Waals surface area contributed by atoms with Crippen LogP contribution in [0.25, 0.3) is 10.8 Å². The maximum Gasteiger partial charge on any atom is 0.107 e. The minimum absolute atomic E-state index is 0.835. The molecule has 0 spiro atoms. The van der Waals surface area contributed by atoms with E-state index in [4.69, 9.17) is 0 Å². The number of hydrogen-bond acceptors (Lipinski definition) is 3. The normalized spacial score (nSPS) is 11.0. The molecule has 2 aromatic carbocycles. The topological polar surface area (TPSA) is 24.9 Å². The van der Waals surface area contributed by atoms with Gasteiger partial charge in [-0.2, -0.15) is 0 Å². The molecule has 0 aliphatic carbocycles. The zero-order chi connectivity index (χ0) is 13.1. The molecule has 0 aliphatic rings. The molecule has 0 amide bonds. The first-order chi connectivity index (χ1) is 9.33. The van der Waals surface area contributed by atoms with Crippen LogP contribution >= 0.6 is 11.3 Å². The lowest BCUT2D eigenvalue weighted by atomic mass is 10.0.